The molecule has 0 aromatic heterocycles. The molecule has 3 aromatic rings. The third kappa shape index (κ3) is 6.68. The number of carbonyl (C=O) groups is 3. The standard InChI is InChI=1S/C34H37FN2O6/c1-22(2)34(32(41)36-26-12-8-5-9-13-26)30(23-10-6-4-7-11-23)31(24-14-16-25(35)17-15-24)37(33(34)42)19-18-27(38)20-28(39)21-29(40)43-3/h4-17,22,27-28,38-39H,18-21H2,1-3H3,(H,36,41)/t27-,28-,34?/m1/s1. The number of esters is 1. The Balaban J connectivity index is 1.83. The average molecular weight is 589 g/mol. The van der Waals surface area contributed by atoms with Crippen LogP contribution in [0.4, 0.5) is 10.1 Å². The van der Waals surface area contributed by atoms with Gasteiger partial charge in [-0.15, -0.1) is 0 Å². The zero-order valence-corrected chi connectivity index (χ0v) is 24.5. The maximum atomic E-state index is 14.7. The van der Waals surface area contributed by atoms with E-state index in [4.69, 9.17) is 0 Å². The van der Waals surface area contributed by atoms with Gasteiger partial charge in [0.25, 0.3) is 0 Å². The minimum absolute atomic E-state index is 0.00107. The lowest BCUT2D eigenvalue weighted by Gasteiger charge is -2.34. The van der Waals surface area contributed by atoms with Crippen molar-refractivity contribution in [3.63, 3.8) is 0 Å². The number of methoxy groups -OCH3 is 1. The van der Waals surface area contributed by atoms with Crippen molar-refractivity contribution in [2.75, 3.05) is 19.0 Å². The fraction of sp³-hybridized carbons (Fsp3) is 0.324. The van der Waals surface area contributed by atoms with Gasteiger partial charge in [-0.05, 0) is 66.3 Å². The summed E-state index contributed by atoms with van der Waals surface area (Å²) in [7, 11) is 1.22. The van der Waals surface area contributed by atoms with E-state index < -0.39 is 47.1 Å². The Morgan fingerprint density at radius 2 is 1.51 bits per heavy atom. The molecule has 1 heterocycles. The van der Waals surface area contributed by atoms with E-state index in [9.17, 15) is 29.0 Å². The number of amides is 2. The van der Waals surface area contributed by atoms with Gasteiger partial charge in [0.1, 0.15) is 5.82 Å². The van der Waals surface area contributed by atoms with Crippen LogP contribution in [0.2, 0.25) is 0 Å². The van der Waals surface area contributed by atoms with Gasteiger partial charge in [-0.1, -0.05) is 62.4 Å². The van der Waals surface area contributed by atoms with E-state index in [1.54, 1.807) is 36.4 Å². The zero-order valence-electron chi connectivity index (χ0n) is 24.5. The summed E-state index contributed by atoms with van der Waals surface area (Å²) in [5.41, 5.74) is 0.969. The fourth-order valence-corrected chi connectivity index (χ4v) is 5.66. The summed E-state index contributed by atoms with van der Waals surface area (Å²) in [5.74, 6) is -2.54. The summed E-state index contributed by atoms with van der Waals surface area (Å²) in [4.78, 5) is 42.1. The summed E-state index contributed by atoms with van der Waals surface area (Å²) in [6.45, 7) is 3.63. The topological polar surface area (TPSA) is 116 Å². The van der Waals surface area contributed by atoms with Crippen molar-refractivity contribution in [2.24, 2.45) is 11.3 Å². The summed E-state index contributed by atoms with van der Waals surface area (Å²) in [5, 5.41) is 24.0. The van der Waals surface area contributed by atoms with Crippen LogP contribution in [0.3, 0.4) is 0 Å². The number of hydrogen-bond acceptors (Lipinski definition) is 6. The highest BCUT2D eigenvalue weighted by atomic mass is 19.1. The monoisotopic (exact) mass is 588 g/mol. The second-order valence-electron chi connectivity index (χ2n) is 10.9. The number of rotatable bonds is 12. The minimum atomic E-state index is -1.67. The maximum absolute atomic E-state index is 14.7. The molecule has 1 aliphatic rings. The Labute approximate surface area is 250 Å². The highest BCUT2D eigenvalue weighted by Crippen LogP contribution is 2.54. The van der Waals surface area contributed by atoms with Crippen LogP contribution in [0.5, 0.6) is 0 Å². The molecule has 2 amide bonds. The number of carbonyl (C=O) groups excluding carboxylic acids is 3. The molecule has 0 radical (unpaired) electrons. The van der Waals surface area contributed by atoms with Crippen LogP contribution < -0.4 is 5.32 Å². The Kier molecular flexibility index (Phi) is 10.1. The third-order valence-corrected chi connectivity index (χ3v) is 7.78. The highest BCUT2D eigenvalue weighted by Gasteiger charge is 2.60. The third-order valence-electron chi connectivity index (χ3n) is 7.78. The Morgan fingerprint density at radius 1 is 0.907 bits per heavy atom. The van der Waals surface area contributed by atoms with E-state index in [-0.39, 0.29) is 25.8 Å². The molecule has 4 rings (SSSR count). The molecule has 0 saturated carbocycles. The number of hydrogen-bond donors (Lipinski definition) is 3. The largest absolute Gasteiger partial charge is 0.469 e. The van der Waals surface area contributed by atoms with E-state index >= 15 is 0 Å². The van der Waals surface area contributed by atoms with Crippen LogP contribution in [-0.2, 0) is 19.1 Å². The SMILES string of the molecule is COC(=O)C[C@H](O)C[C@H](O)CCN1C(=O)C(C(=O)Nc2ccccc2)(C(C)C)C(c2ccccc2)=C1c1ccc(F)cc1. The van der Waals surface area contributed by atoms with Crippen LogP contribution in [0.25, 0.3) is 11.3 Å². The molecular formula is C34H37FN2O6. The molecule has 3 aromatic carbocycles. The Morgan fingerprint density at radius 3 is 2.09 bits per heavy atom. The second kappa shape index (κ2) is 13.8. The van der Waals surface area contributed by atoms with Gasteiger partial charge >= 0.3 is 5.97 Å². The lowest BCUT2D eigenvalue weighted by molar-refractivity contribution is -0.144. The van der Waals surface area contributed by atoms with Gasteiger partial charge < -0.3 is 25.2 Å². The molecule has 0 spiro atoms. The molecule has 1 unspecified atom stereocenters. The van der Waals surface area contributed by atoms with Crippen molar-refractivity contribution >= 4 is 34.7 Å². The summed E-state index contributed by atoms with van der Waals surface area (Å²) < 4.78 is 18.6. The quantitative estimate of drug-likeness (QED) is 0.205. The van der Waals surface area contributed by atoms with Crippen molar-refractivity contribution in [1.82, 2.24) is 4.90 Å². The molecule has 226 valence electrons. The van der Waals surface area contributed by atoms with Gasteiger partial charge in [0.05, 0.1) is 31.4 Å². The number of benzene rings is 3. The van der Waals surface area contributed by atoms with Crippen LogP contribution in [-0.4, -0.2) is 58.8 Å². The van der Waals surface area contributed by atoms with Crippen LogP contribution >= 0.6 is 0 Å². The highest BCUT2D eigenvalue weighted by molar-refractivity contribution is 6.28. The van der Waals surface area contributed by atoms with E-state index in [1.807, 2.05) is 50.2 Å². The van der Waals surface area contributed by atoms with Gasteiger partial charge in [-0.25, -0.2) is 4.39 Å². The summed E-state index contributed by atoms with van der Waals surface area (Å²) in [6, 6.07) is 23.8. The predicted molar refractivity (Wildman–Crippen MR) is 162 cm³/mol. The molecule has 0 bridgehead atoms. The number of nitrogens with zero attached hydrogens (tertiary/aromatic N) is 1. The molecular weight excluding hydrogens is 551 g/mol. The first-order valence-corrected chi connectivity index (χ1v) is 14.3. The molecule has 9 heteroatoms. The number of nitrogens with one attached hydrogen (secondary N) is 1. The first kappa shape index (κ1) is 31.6. The molecule has 1 aliphatic heterocycles. The number of para-hydroxylation sites is 1. The van der Waals surface area contributed by atoms with Crippen LogP contribution in [0.1, 0.15) is 44.2 Å². The maximum Gasteiger partial charge on any atom is 0.308 e. The average Bonchev–Trinajstić information content (AvgIpc) is 3.26. The van der Waals surface area contributed by atoms with Gasteiger partial charge in [-0.3, -0.25) is 14.4 Å². The van der Waals surface area contributed by atoms with E-state index in [0.717, 1.165) is 0 Å². The molecule has 8 nitrogen and oxygen atoms in total. The van der Waals surface area contributed by atoms with Gasteiger partial charge in [-0.2, -0.15) is 0 Å². The van der Waals surface area contributed by atoms with E-state index in [1.165, 1.54) is 24.1 Å². The second-order valence-corrected chi connectivity index (χ2v) is 10.9. The lowest BCUT2D eigenvalue weighted by atomic mass is 9.68. The number of aliphatic hydroxyl groups is 2. The first-order chi connectivity index (χ1) is 20.6. The Bertz CT molecular complexity index is 1460. The molecule has 43 heavy (non-hydrogen) atoms. The van der Waals surface area contributed by atoms with Crippen LogP contribution in [0.15, 0.2) is 84.9 Å². The molecule has 3 N–H and O–H groups in total. The number of aliphatic hydroxyl groups excluding tert-OH is 2. The van der Waals surface area contributed by atoms with Gasteiger partial charge in [0.15, 0.2) is 5.41 Å². The molecule has 0 aliphatic carbocycles. The number of ether oxygens (including phenoxy) is 1. The fourth-order valence-electron chi connectivity index (χ4n) is 5.66. The number of halogens is 1. The van der Waals surface area contributed by atoms with Crippen molar-refractivity contribution < 1.29 is 33.7 Å². The van der Waals surface area contributed by atoms with Gasteiger partial charge in [0, 0.05) is 17.8 Å². The van der Waals surface area contributed by atoms with Crippen molar-refractivity contribution in [3.8, 4) is 0 Å². The summed E-state index contributed by atoms with van der Waals surface area (Å²) >= 11 is 0. The smallest absolute Gasteiger partial charge is 0.308 e. The van der Waals surface area contributed by atoms with Crippen molar-refractivity contribution in [1.29, 1.82) is 0 Å². The first-order valence-electron chi connectivity index (χ1n) is 14.3. The predicted octanol–water partition coefficient (Wildman–Crippen LogP) is 4.88. The number of anilines is 1. The molecule has 0 saturated heterocycles. The van der Waals surface area contributed by atoms with Gasteiger partial charge in [0.2, 0.25) is 11.8 Å². The molecule has 0 fully saturated rings. The molecule has 3 atom stereocenters. The zero-order chi connectivity index (χ0) is 31.1. The summed E-state index contributed by atoms with van der Waals surface area (Å²) in [6.07, 6.45) is -2.53. The minimum Gasteiger partial charge on any atom is -0.469 e. The van der Waals surface area contributed by atoms with Crippen molar-refractivity contribution in [3.05, 3.63) is 102 Å². The lowest BCUT2D eigenvalue weighted by Crippen LogP contribution is -2.49. The van der Waals surface area contributed by atoms with Crippen LogP contribution in [0, 0.1) is 17.2 Å². The van der Waals surface area contributed by atoms with Crippen molar-refractivity contribution in [2.45, 2.75) is 45.3 Å². The normalized spacial score (nSPS) is 18.1. The van der Waals surface area contributed by atoms with E-state index in [0.29, 0.717) is 28.1 Å². The van der Waals surface area contributed by atoms with E-state index in [2.05, 4.69) is 10.1 Å². The Hall–Kier alpha value is -4.34.